The molecule has 0 aromatic heterocycles. The maximum Gasteiger partial charge on any atom is 0.228 e. The molecule has 2 atom stereocenters. The van der Waals surface area contributed by atoms with Crippen LogP contribution in [0.1, 0.15) is 82.0 Å². The molecule has 1 amide bonds. The van der Waals surface area contributed by atoms with Crippen molar-refractivity contribution in [3.63, 3.8) is 0 Å². The standard InChI is InChI=1S/C32H42ClNO5/c1-20(2)39-29-19-27-22(17-28(29)37-4)18-30(35)34(31(27)21-5-9-25(33)10-6-21)26-11-7-23(8-12-26)32(3,36)24-13-15-38-16-14-24/h5-6,9-10,17,19-20,23-24,26,31,36H,7-8,11-16,18H2,1-4H3/t23-,26-,31-,32?/m0/s1. The summed E-state index contributed by atoms with van der Waals surface area (Å²) in [6.07, 6.45) is 5.71. The Bertz CT molecular complexity index is 1150. The number of hydrogen-bond acceptors (Lipinski definition) is 5. The van der Waals surface area contributed by atoms with Crippen LogP contribution >= 0.6 is 11.6 Å². The minimum Gasteiger partial charge on any atom is -0.493 e. The molecule has 1 aliphatic carbocycles. The zero-order valence-electron chi connectivity index (χ0n) is 23.6. The summed E-state index contributed by atoms with van der Waals surface area (Å²) >= 11 is 6.26. The van der Waals surface area contributed by atoms with E-state index in [1.54, 1.807) is 7.11 Å². The van der Waals surface area contributed by atoms with Gasteiger partial charge in [-0.3, -0.25) is 4.79 Å². The van der Waals surface area contributed by atoms with E-state index in [-0.39, 0.29) is 35.9 Å². The van der Waals surface area contributed by atoms with Crippen molar-refractivity contribution in [2.24, 2.45) is 11.8 Å². The molecule has 0 spiro atoms. The first-order valence-corrected chi connectivity index (χ1v) is 14.8. The lowest BCUT2D eigenvalue weighted by Gasteiger charge is -2.48. The van der Waals surface area contributed by atoms with Crippen LogP contribution in [0.15, 0.2) is 36.4 Å². The summed E-state index contributed by atoms with van der Waals surface area (Å²) in [6, 6.07) is 11.7. The summed E-state index contributed by atoms with van der Waals surface area (Å²) in [4.78, 5) is 16.0. The van der Waals surface area contributed by atoms with Crippen LogP contribution in [0, 0.1) is 11.8 Å². The van der Waals surface area contributed by atoms with Gasteiger partial charge in [-0.1, -0.05) is 23.7 Å². The van der Waals surface area contributed by atoms with E-state index in [9.17, 15) is 9.90 Å². The number of rotatable bonds is 7. The van der Waals surface area contributed by atoms with E-state index >= 15 is 0 Å². The quantitative estimate of drug-likeness (QED) is 0.431. The molecule has 0 bridgehead atoms. The topological polar surface area (TPSA) is 68.2 Å². The molecule has 6 nitrogen and oxygen atoms in total. The van der Waals surface area contributed by atoms with Crippen LogP contribution in [0.25, 0.3) is 0 Å². The summed E-state index contributed by atoms with van der Waals surface area (Å²) in [5.74, 6) is 1.97. The molecule has 1 saturated carbocycles. The van der Waals surface area contributed by atoms with Gasteiger partial charge in [-0.2, -0.15) is 0 Å². The number of ether oxygens (including phenoxy) is 3. The number of carbonyl (C=O) groups is 1. The van der Waals surface area contributed by atoms with E-state index < -0.39 is 5.60 Å². The van der Waals surface area contributed by atoms with Crippen molar-refractivity contribution in [1.82, 2.24) is 4.90 Å². The van der Waals surface area contributed by atoms with Crippen LogP contribution in [0.3, 0.4) is 0 Å². The highest BCUT2D eigenvalue weighted by atomic mass is 35.5. The SMILES string of the molecule is COc1cc2c(cc1OC(C)C)[C@H](c1ccc(Cl)cc1)N([C@H]1CC[C@H](C(C)(O)C3CCOCC3)CC1)C(=O)C2. The predicted molar refractivity (Wildman–Crippen MR) is 153 cm³/mol. The largest absolute Gasteiger partial charge is 0.493 e. The monoisotopic (exact) mass is 555 g/mol. The second-order valence-corrected chi connectivity index (χ2v) is 12.4. The molecule has 0 radical (unpaired) electrons. The van der Waals surface area contributed by atoms with Gasteiger partial charge in [0.2, 0.25) is 5.91 Å². The third-order valence-corrected chi connectivity index (χ3v) is 9.39. The lowest BCUT2D eigenvalue weighted by Crippen LogP contribution is -2.51. The fraction of sp³-hybridized carbons (Fsp3) is 0.594. The number of fused-ring (bicyclic) bond motifs is 1. The van der Waals surface area contributed by atoms with Crippen LogP contribution in [-0.4, -0.2) is 54.0 Å². The summed E-state index contributed by atoms with van der Waals surface area (Å²) in [5, 5.41) is 12.2. The second-order valence-electron chi connectivity index (χ2n) is 11.9. The van der Waals surface area contributed by atoms with E-state index in [2.05, 4.69) is 11.0 Å². The summed E-state index contributed by atoms with van der Waals surface area (Å²) < 4.78 is 17.3. The van der Waals surface area contributed by atoms with E-state index in [0.717, 1.165) is 68.4 Å². The lowest BCUT2D eigenvalue weighted by atomic mass is 9.68. The normalized spacial score (nSPS) is 25.8. The molecule has 1 N–H and O–H groups in total. The highest BCUT2D eigenvalue weighted by molar-refractivity contribution is 6.30. The predicted octanol–water partition coefficient (Wildman–Crippen LogP) is 6.35. The van der Waals surface area contributed by atoms with Crippen LogP contribution in [0.4, 0.5) is 0 Å². The van der Waals surface area contributed by atoms with Crippen LogP contribution in [-0.2, 0) is 16.0 Å². The third kappa shape index (κ3) is 5.79. The fourth-order valence-electron chi connectivity index (χ4n) is 7.03. The minimum absolute atomic E-state index is 0.00828. The maximum absolute atomic E-state index is 13.9. The van der Waals surface area contributed by atoms with E-state index in [1.165, 1.54) is 0 Å². The van der Waals surface area contributed by atoms with Crippen molar-refractivity contribution in [2.45, 2.75) is 89.5 Å². The van der Waals surface area contributed by atoms with E-state index in [0.29, 0.717) is 22.9 Å². The molecule has 1 unspecified atom stereocenters. The zero-order chi connectivity index (χ0) is 27.7. The highest BCUT2D eigenvalue weighted by Gasteiger charge is 2.45. The van der Waals surface area contributed by atoms with E-state index in [1.807, 2.05) is 51.1 Å². The van der Waals surface area contributed by atoms with Gasteiger partial charge in [0.25, 0.3) is 0 Å². The summed E-state index contributed by atoms with van der Waals surface area (Å²) in [7, 11) is 1.64. The molecule has 2 heterocycles. The van der Waals surface area contributed by atoms with Crippen LogP contribution in [0.5, 0.6) is 11.5 Å². The van der Waals surface area contributed by atoms with Crippen molar-refractivity contribution in [3.8, 4) is 11.5 Å². The minimum atomic E-state index is -0.706. The molecule has 1 saturated heterocycles. The van der Waals surface area contributed by atoms with Gasteiger partial charge < -0.3 is 24.2 Å². The number of hydrogen-bond donors (Lipinski definition) is 1. The molecular formula is C32H42ClNO5. The molecule has 212 valence electrons. The Kier molecular flexibility index (Phi) is 8.46. The number of benzene rings is 2. The Labute approximate surface area is 237 Å². The lowest BCUT2D eigenvalue weighted by molar-refractivity contribution is -0.139. The second kappa shape index (κ2) is 11.7. The van der Waals surface area contributed by atoms with Crippen molar-refractivity contribution in [3.05, 3.63) is 58.1 Å². The van der Waals surface area contributed by atoms with Gasteiger partial charge in [0, 0.05) is 24.3 Å². The maximum atomic E-state index is 13.9. The smallest absolute Gasteiger partial charge is 0.228 e. The number of methoxy groups -OCH3 is 1. The number of amides is 1. The Hall–Kier alpha value is -2.28. The molecule has 2 aromatic rings. The number of carbonyl (C=O) groups excluding carboxylic acids is 1. The fourth-order valence-corrected chi connectivity index (χ4v) is 7.16. The Morgan fingerprint density at radius 2 is 1.64 bits per heavy atom. The average molecular weight is 556 g/mol. The molecule has 2 aromatic carbocycles. The van der Waals surface area contributed by atoms with Gasteiger partial charge in [0.1, 0.15) is 0 Å². The number of aliphatic hydroxyl groups is 1. The van der Waals surface area contributed by atoms with Crippen molar-refractivity contribution in [2.75, 3.05) is 20.3 Å². The van der Waals surface area contributed by atoms with Crippen molar-refractivity contribution >= 4 is 17.5 Å². The number of halogens is 1. The molecule has 3 aliphatic rings. The first-order valence-electron chi connectivity index (χ1n) is 14.4. The Morgan fingerprint density at radius 3 is 2.26 bits per heavy atom. The molecule has 39 heavy (non-hydrogen) atoms. The van der Waals surface area contributed by atoms with Gasteiger partial charge in [-0.25, -0.2) is 0 Å². The average Bonchev–Trinajstić information content (AvgIpc) is 2.93. The molecule has 7 heteroatoms. The van der Waals surface area contributed by atoms with Gasteiger partial charge in [0.05, 0.1) is 31.3 Å². The molecule has 2 fully saturated rings. The van der Waals surface area contributed by atoms with Crippen LogP contribution in [0.2, 0.25) is 5.02 Å². The Morgan fingerprint density at radius 1 is 1.00 bits per heavy atom. The van der Waals surface area contributed by atoms with Gasteiger partial charge in [-0.15, -0.1) is 0 Å². The molecular weight excluding hydrogens is 514 g/mol. The third-order valence-electron chi connectivity index (χ3n) is 9.14. The van der Waals surface area contributed by atoms with Gasteiger partial charge in [-0.05, 0) is 112 Å². The molecule has 5 rings (SSSR count). The van der Waals surface area contributed by atoms with Crippen molar-refractivity contribution in [1.29, 1.82) is 0 Å². The Balaban J connectivity index is 1.46. The van der Waals surface area contributed by atoms with Gasteiger partial charge >= 0.3 is 0 Å². The first-order chi connectivity index (χ1) is 18.7. The van der Waals surface area contributed by atoms with E-state index in [4.69, 9.17) is 25.8 Å². The molecule has 2 aliphatic heterocycles. The highest BCUT2D eigenvalue weighted by Crippen LogP contribution is 2.47. The summed E-state index contributed by atoms with van der Waals surface area (Å²) in [6.45, 7) is 7.48. The van der Waals surface area contributed by atoms with Crippen LogP contribution < -0.4 is 9.47 Å². The van der Waals surface area contributed by atoms with Gasteiger partial charge in [0.15, 0.2) is 11.5 Å². The number of nitrogens with zero attached hydrogens (tertiary/aromatic N) is 1. The van der Waals surface area contributed by atoms with Crippen molar-refractivity contribution < 1.29 is 24.1 Å². The zero-order valence-corrected chi connectivity index (χ0v) is 24.4. The first kappa shape index (κ1) is 28.3. The summed E-state index contributed by atoms with van der Waals surface area (Å²) in [5.41, 5.74) is 2.37.